The quantitative estimate of drug-likeness (QED) is 0.838. The van der Waals surface area contributed by atoms with Gasteiger partial charge in [-0.1, -0.05) is 19.0 Å². The zero-order valence-corrected chi connectivity index (χ0v) is 13.6. The number of halogens is 3. The molecular formula is C16H16F3N3O3. The third-order valence-corrected chi connectivity index (χ3v) is 4.14. The molecule has 134 valence electrons. The molecule has 1 amide bonds. The summed E-state index contributed by atoms with van der Waals surface area (Å²) in [6, 6.07) is 0.495. The molecule has 1 fully saturated rings. The van der Waals surface area contributed by atoms with Crippen LogP contribution in [0.25, 0.3) is 11.4 Å². The van der Waals surface area contributed by atoms with E-state index >= 15 is 0 Å². The molecule has 1 aliphatic heterocycles. The van der Waals surface area contributed by atoms with E-state index in [2.05, 4.69) is 10.1 Å². The number of phenolic OH excluding ortho intramolecular Hbond substituents is 1. The second kappa shape index (κ2) is 6.38. The summed E-state index contributed by atoms with van der Waals surface area (Å²) in [6.45, 7) is 5.10. The normalized spacial score (nSPS) is 20.8. The first-order valence-electron chi connectivity index (χ1n) is 7.77. The number of amides is 1. The fraction of sp³-hybridized carbons (Fsp3) is 0.438. The standard InChI is InChI=1S/C16H16F3N3O3/c1-7-3-8(2)6-22(5-7)16(24)15-20-14(21-25-15)9-4-10(17)12(19)13(23)11(9)18/h4,7-8,23H,3,5-6H2,1-2H3/t7-,8+. The van der Waals surface area contributed by atoms with Gasteiger partial charge in [-0.15, -0.1) is 0 Å². The number of phenols is 1. The van der Waals surface area contributed by atoms with E-state index in [0.717, 1.165) is 6.42 Å². The molecule has 0 spiro atoms. The summed E-state index contributed by atoms with van der Waals surface area (Å²) in [6.07, 6.45) is 0.998. The second-order valence-corrected chi connectivity index (χ2v) is 6.46. The number of rotatable bonds is 2. The Bertz CT molecular complexity index is 814. The van der Waals surface area contributed by atoms with Gasteiger partial charge in [-0.3, -0.25) is 4.79 Å². The average Bonchev–Trinajstić information content (AvgIpc) is 3.04. The number of carbonyl (C=O) groups excluding carboxylic acids is 1. The fourth-order valence-corrected chi connectivity index (χ4v) is 3.14. The Hall–Kier alpha value is -2.58. The number of hydrogen-bond acceptors (Lipinski definition) is 5. The van der Waals surface area contributed by atoms with Crippen LogP contribution in [0.1, 0.15) is 31.0 Å². The molecule has 0 saturated carbocycles. The van der Waals surface area contributed by atoms with Crippen LogP contribution in [0.15, 0.2) is 10.6 Å². The van der Waals surface area contributed by atoms with E-state index in [1.54, 1.807) is 4.90 Å². The highest BCUT2D eigenvalue weighted by atomic mass is 19.2. The van der Waals surface area contributed by atoms with Crippen molar-refractivity contribution in [2.75, 3.05) is 13.1 Å². The van der Waals surface area contributed by atoms with Gasteiger partial charge >= 0.3 is 11.8 Å². The van der Waals surface area contributed by atoms with Crippen LogP contribution in [-0.4, -0.2) is 39.1 Å². The molecule has 0 unspecified atom stereocenters. The van der Waals surface area contributed by atoms with Gasteiger partial charge in [-0.25, -0.2) is 8.78 Å². The highest BCUT2D eigenvalue weighted by Crippen LogP contribution is 2.31. The molecule has 0 radical (unpaired) electrons. The first-order valence-corrected chi connectivity index (χ1v) is 7.77. The maximum atomic E-state index is 13.9. The molecular weight excluding hydrogens is 339 g/mol. The predicted molar refractivity (Wildman–Crippen MR) is 80.1 cm³/mol. The summed E-state index contributed by atoms with van der Waals surface area (Å²) in [7, 11) is 0. The van der Waals surface area contributed by atoms with Crippen molar-refractivity contribution in [2.24, 2.45) is 11.8 Å². The number of carbonyl (C=O) groups is 1. The van der Waals surface area contributed by atoms with Crippen LogP contribution in [0, 0.1) is 29.3 Å². The number of aromatic hydroxyl groups is 1. The Balaban J connectivity index is 1.89. The molecule has 1 aliphatic rings. The Morgan fingerprint density at radius 3 is 2.52 bits per heavy atom. The van der Waals surface area contributed by atoms with Crippen LogP contribution >= 0.6 is 0 Å². The van der Waals surface area contributed by atoms with Gasteiger partial charge < -0.3 is 14.5 Å². The molecule has 2 heterocycles. The minimum Gasteiger partial charge on any atom is -0.503 e. The molecule has 0 bridgehead atoms. The van der Waals surface area contributed by atoms with Crippen molar-refractivity contribution in [3.05, 3.63) is 29.4 Å². The molecule has 1 aromatic carbocycles. The maximum absolute atomic E-state index is 13.9. The lowest BCUT2D eigenvalue weighted by Gasteiger charge is -2.33. The monoisotopic (exact) mass is 355 g/mol. The lowest BCUT2D eigenvalue weighted by atomic mass is 9.92. The molecule has 1 N–H and O–H groups in total. The molecule has 9 heteroatoms. The zero-order chi connectivity index (χ0) is 18.3. The second-order valence-electron chi connectivity index (χ2n) is 6.46. The number of hydrogen-bond donors (Lipinski definition) is 1. The highest BCUT2D eigenvalue weighted by molar-refractivity contribution is 5.90. The number of benzene rings is 1. The van der Waals surface area contributed by atoms with Gasteiger partial charge in [0.05, 0.1) is 5.56 Å². The number of piperidine rings is 1. The minimum atomic E-state index is -1.71. The molecule has 1 aromatic heterocycles. The van der Waals surface area contributed by atoms with Crippen molar-refractivity contribution < 1.29 is 27.6 Å². The van der Waals surface area contributed by atoms with Crippen LogP contribution in [-0.2, 0) is 0 Å². The third-order valence-electron chi connectivity index (χ3n) is 4.14. The topological polar surface area (TPSA) is 79.5 Å². The van der Waals surface area contributed by atoms with Gasteiger partial charge in [0, 0.05) is 13.1 Å². The Morgan fingerprint density at radius 2 is 1.88 bits per heavy atom. The number of nitrogens with zero attached hydrogens (tertiary/aromatic N) is 3. The van der Waals surface area contributed by atoms with E-state index in [1.165, 1.54) is 0 Å². The minimum absolute atomic E-state index is 0.315. The smallest absolute Gasteiger partial charge is 0.316 e. The highest BCUT2D eigenvalue weighted by Gasteiger charge is 2.30. The largest absolute Gasteiger partial charge is 0.503 e. The zero-order valence-electron chi connectivity index (χ0n) is 13.6. The molecule has 2 aromatic rings. The lowest BCUT2D eigenvalue weighted by molar-refractivity contribution is 0.0574. The van der Waals surface area contributed by atoms with E-state index < -0.39 is 40.5 Å². The number of aromatic nitrogens is 2. The first-order chi connectivity index (χ1) is 11.8. The van der Waals surface area contributed by atoms with Crippen LogP contribution in [0.4, 0.5) is 13.2 Å². The van der Waals surface area contributed by atoms with Gasteiger partial charge in [-0.2, -0.15) is 9.37 Å². The Labute approximate surface area is 141 Å². The SMILES string of the molecule is C[C@@H]1C[C@H](C)CN(C(=O)c2nc(-c3cc(F)c(F)c(O)c3F)no2)C1. The van der Waals surface area contributed by atoms with Crippen molar-refractivity contribution >= 4 is 5.91 Å². The Kier molecular flexibility index (Phi) is 4.40. The predicted octanol–water partition coefficient (Wildman–Crippen LogP) is 2.98. The first kappa shape index (κ1) is 17.2. The molecule has 6 nitrogen and oxygen atoms in total. The molecule has 3 rings (SSSR count). The van der Waals surface area contributed by atoms with E-state index in [0.29, 0.717) is 31.0 Å². The molecule has 25 heavy (non-hydrogen) atoms. The Morgan fingerprint density at radius 1 is 1.24 bits per heavy atom. The van der Waals surface area contributed by atoms with Crippen molar-refractivity contribution in [1.29, 1.82) is 0 Å². The van der Waals surface area contributed by atoms with Crippen molar-refractivity contribution in [1.82, 2.24) is 15.0 Å². The van der Waals surface area contributed by atoms with Crippen LogP contribution in [0.5, 0.6) is 5.75 Å². The van der Waals surface area contributed by atoms with Gasteiger partial charge in [0.25, 0.3) is 0 Å². The van der Waals surface area contributed by atoms with Crippen molar-refractivity contribution in [3.63, 3.8) is 0 Å². The van der Waals surface area contributed by atoms with Gasteiger partial charge in [0.15, 0.2) is 17.4 Å². The number of likely N-dealkylation sites (tertiary alicyclic amines) is 1. The molecule has 0 aliphatic carbocycles. The van der Waals surface area contributed by atoms with Crippen LogP contribution in [0.2, 0.25) is 0 Å². The van der Waals surface area contributed by atoms with Gasteiger partial charge in [0.2, 0.25) is 11.6 Å². The van der Waals surface area contributed by atoms with E-state index in [9.17, 15) is 23.1 Å². The maximum Gasteiger partial charge on any atom is 0.316 e. The fourth-order valence-electron chi connectivity index (χ4n) is 3.14. The van der Waals surface area contributed by atoms with E-state index in [1.807, 2.05) is 13.8 Å². The van der Waals surface area contributed by atoms with E-state index in [-0.39, 0.29) is 5.89 Å². The molecule has 1 saturated heterocycles. The van der Waals surface area contributed by atoms with Crippen LogP contribution in [0.3, 0.4) is 0 Å². The van der Waals surface area contributed by atoms with Gasteiger partial charge in [0.1, 0.15) is 0 Å². The van der Waals surface area contributed by atoms with Crippen molar-refractivity contribution in [3.8, 4) is 17.1 Å². The van der Waals surface area contributed by atoms with Crippen molar-refractivity contribution in [2.45, 2.75) is 20.3 Å². The summed E-state index contributed by atoms with van der Waals surface area (Å²) >= 11 is 0. The summed E-state index contributed by atoms with van der Waals surface area (Å²) in [5.41, 5.74) is -0.598. The summed E-state index contributed by atoms with van der Waals surface area (Å²) in [5.74, 6) is -6.79. The average molecular weight is 355 g/mol. The van der Waals surface area contributed by atoms with E-state index in [4.69, 9.17) is 4.52 Å². The van der Waals surface area contributed by atoms with Crippen LogP contribution < -0.4 is 0 Å². The summed E-state index contributed by atoms with van der Waals surface area (Å²) < 4.78 is 45.3. The van der Waals surface area contributed by atoms with Gasteiger partial charge in [-0.05, 0) is 24.3 Å². The third kappa shape index (κ3) is 3.18. The summed E-state index contributed by atoms with van der Waals surface area (Å²) in [5, 5.41) is 12.7. The molecule has 2 atom stereocenters. The lowest BCUT2D eigenvalue weighted by Crippen LogP contribution is -2.42. The summed E-state index contributed by atoms with van der Waals surface area (Å²) in [4.78, 5) is 17.8.